The molecule has 6 heteroatoms. The molecule has 1 N–H and O–H groups in total. The fourth-order valence-electron chi connectivity index (χ4n) is 2.00. The zero-order valence-corrected chi connectivity index (χ0v) is 11.3. The van der Waals surface area contributed by atoms with E-state index in [9.17, 15) is 20.0 Å². The van der Waals surface area contributed by atoms with Gasteiger partial charge in [-0.25, -0.2) is 4.79 Å². The largest absolute Gasteiger partial charge is 0.478 e. The highest BCUT2D eigenvalue weighted by Gasteiger charge is 2.21. The summed E-state index contributed by atoms with van der Waals surface area (Å²) in [4.78, 5) is 23.3. The zero-order chi connectivity index (χ0) is 14.6. The third-order valence-electron chi connectivity index (χ3n) is 3.19. The molecule has 0 aliphatic carbocycles. The van der Waals surface area contributed by atoms with Crippen LogP contribution in [0.4, 0.5) is 11.4 Å². The second-order valence-electron chi connectivity index (χ2n) is 4.31. The molecule has 0 saturated carbocycles. The van der Waals surface area contributed by atoms with Crippen LogP contribution < -0.4 is 4.90 Å². The Hall–Kier alpha value is -2.11. The zero-order valence-electron chi connectivity index (χ0n) is 11.3. The number of nitro benzene ring substituents is 1. The van der Waals surface area contributed by atoms with Gasteiger partial charge < -0.3 is 10.0 Å². The molecule has 19 heavy (non-hydrogen) atoms. The molecule has 0 spiro atoms. The van der Waals surface area contributed by atoms with Crippen molar-refractivity contribution in [2.45, 2.75) is 33.2 Å². The molecule has 0 bridgehead atoms. The lowest BCUT2D eigenvalue weighted by Gasteiger charge is -2.30. The Bertz CT molecular complexity index is 488. The fraction of sp³-hybridized carbons (Fsp3) is 0.462. The van der Waals surface area contributed by atoms with Crippen LogP contribution >= 0.6 is 0 Å². The van der Waals surface area contributed by atoms with E-state index in [1.807, 2.05) is 25.7 Å². The van der Waals surface area contributed by atoms with Gasteiger partial charge in [0.05, 0.1) is 16.2 Å². The van der Waals surface area contributed by atoms with E-state index >= 15 is 0 Å². The van der Waals surface area contributed by atoms with E-state index in [0.717, 1.165) is 12.5 Å². The topological polar surface area (TPSA) is 83.7 Å². The van der Waals surface area contributed by atoms with E-state index in [1.165, 1.54) is 12.1 Å². The molecule has 1 unspecified atom stereocenters. The molecule has 0 aromatic heterocycles. The normalized spacial score (nSPS) is 11.9. The van der Waals surface area contributed by atoms with Gasteiger partial charge in [0.15, 0.2) is 0 Å². The van der Waals surface area contributed by atoms with Crippen LogP contribution in [0.5, 0.6) is 0 Å². The first-order valence-electron chi connectivity index (χ1n) is 6.20. The number of nitrogens with zero attached hydrogens (tertiary/aromatic N) is 2. The highest BCUT2D eigenvalue weighted by Crippen LogP contribution is 2.27. The van der Waals surface area contributed by atoms with Crippen LogP contribution in [0.3, 0.4) is 0 Å². The van der Waals surface area contributed by atoms with Crippen LogP contribution in [0, 0.1) is 10.1 Å². The van der Waals surface area contributed by atoms with Gasteiger partial charge in [0, 0.05) is 24.7 Å². The highest BCUT2D eigenvalue weighted by atomic mass is 16.6. The minimum atomic E-state index is -1.15. The molecule has 0 fully saturated rings. The van der Waals surface area contributed by atoms with Gasteiger partial charge >= 0.3 is 5.97 Å². The minimum absolute atomic E-state index is 0.0312. The van der Waals surface area contributed by atoms with E-state index in [0.29, 0.717) is 12.2 Å². The Morgan fingerprint density at radius 3 is 2.53 bits per heavy atom. The summed E-state index contributed by atoms with van der Waals surface area (Å²) < 4.78 is 0. The molecule has 6 nitrogen and oxygen atoms in total. The van der Waals surface area contributed by atoms with Gasteiger partial charge in [-0.2, -0.15) is 0 Å². The van der Waals surface area contributed by atoms with E-state index in [-0.39, 0.29) is 17.3 Å². The quantitative estimate of drug-likeness (QED) is 0.632. The predicted molar refractivity (Wildman–Crippen MR) is 72.8 cm³/mol. The summed E-state index contributed by atoms with van der Waals surface area (Å²) in [6.45, 7) is 6.59. The monoisotopic (exact) mass is 266 g/mol. The number of non-ortho nitro benzene ring substituents is 1. The van der Waals surface area contributed by atoms with E-state index in [1.54, 1.807) is 0 Å². The first-order valence-corrected chi connectivity index (χ1v) is 6.20. The number of nitro groups is 1. The van der Waals surface area contributed by atoms with Crippen LogP contribution in [0.25, 0.3) is 0 Å². The number of hydrogen-bond acceptors (Lipinski definition) is 4. The molecule has 1 aromatic carbocycles. The Kier molecular flexibility index (Phi) is 4.86. The number of carboxylic acids is 1. The number of carbonyl (C=O) groups is 1. The first-order chi connectivity index (χ1) is 8.92. The maximum atomic E-state index is 11.3. The van der Waals surface area contributed by atoms with Crippen molar-refractivity contribution in [3.8, 4) is 0 Å². The average molecular weight is 266 g/mol. The number of carboxylic acid groups (broad SMARTS) is 1. The molecular formula is C13H18N2O4. The van der Waals surface area contributed by atoms with Crippen molar-refractivity contribution in [3.05, 3.63) is 33.9 Å². The van der Waals surface area contributed by atoms with Gasteiger partial charge in [0.2, 0.25) is 0 Å². The number of benzene rings is 1. The number of hydrogen-bond donors (Lipinski definition) is 1. The Balaban J connectivity index is 3.33. The average Bonchev–Trinajstić information content (AvgIpc) is 2.39. The third-order valence-corrected chi connectivity index (χ3v) is 3.19. The molecule has 1 rings (SSSR count). The van der Waals surface area contributed by atoms with Crippen LogP contribution in [0.15, 0.2) is 18.2 Å². The third kappa shape index (κ3) is 3.21. The van der Waals surface area contributed by atoms with Gasteiger partial charge in [-0.1, -0.05) is 6.92 Å². The van der Waals surface area contributed by atoms with Gasteiger partial charge in [-0.3, -0.25) is 10.1 Å². The van der Waals surface area contributed by atoms with Crippen molar-refractivity contribution in [2.24, 2.45) is 0 Å². The SMILES string of the molecule is CCC(C)N(CC)c1ccc([N+](=O)[O-])cc1C(=O)O. The lowest BCUT2D eigenvalue weighted by molar-refractivity contribution is -0.384. The van der Waals surface area contributed by atoms with Crippen molar-refractivity contribution in [1.29, 1.82) is 0 Å². The summed E-state index contributed by atoms with van der Waals surface area (Å²) in [7, 11) is 0. The number of rotatable bonds is 6. The molecule has 0 heterocycles. The maximum absolute atomic E-state index is 11.3. The van der Waals surface area contributed by atoms with Crippen LogP contribution in [-0.4, -0.2) is 28.6 Å². The van der Waals surface area contributed by atoms with Crippen LogP contribution in [-0.2, 0) is 0 Å². The molecule has 0 amide bonds. The van der Waals surface area contributed by atoms with Crippen LogP contribution in [0.1, 0.15) is 37.6 Å². The van der Waals surface area contributed by atoms with Crippen molar-refractivity contribution in [3.63, 3.8) is 0 Å². The summed E-state index contributed by atoms with van der Waals surface area (Å²) in [5.74, 6) is -1.15. The molecule has 0 aliphatic rings. The molecule has 1 aromatic rings. The van der Waals surface area contributed by atoms with Gasteiger partial charge in [-0.15, -0.1) is 0 Å². The summed E-state index contributed by atoms with van der Waals surface area (Å²) in [5.41, 5.74) is 0.285. The number of aromatic carboxylic acids is 1. The Morgan fingerprint density at radius 1 is 1.47 bits per heavy atom. The minimum Gasteiger partial charge on any atom is -0.478 e. The van der Waals surface area contributed by atoms with Gasteiger partial charge in [-0.05, 0) is 26.3 Å². The number of anilines is 1. The summed E-state index contributed by atoms with van der Waals surface area (Å²) in [6.07, 6.45) is 0.865. The van der Waals surface area contributed by atoms with Gasteiger partial charge in [0.1, 0.15) is 0 Å². The highest BCUT2D eigenvalue weighted by molar-refractivity contribution is 5.95. The summed E-state index contributed by atoms with van der Waals surface area (Å²) in [5, 5.41) is 19.9. The van der Waals surface area contributed by atoms with Crippen molar-refractivity contribution in [2.75, 3.05) is 11.4 Å². The Labute approximate surface area is 111 Å². The predicted octanol–water partition coefficient (Wildman–Crippen LogP) is 2.92. The lowest BCUT2D eigenvalue weighted by Crippen LogP contribution is -2.33. The standard InChI is InChI=1S/C13H18N2O4/c1-4-9(3)14(5-2)12-7-6-10(15(18)19)8-11(12)13(16)17/h6-9H,4-5H2,1-3H3,(H,16,17). The molecule has 0 radical (unpaired) electrons. The van der Waals surface area contributed by atoms with E-state index in [4.69, 9.17) is 0 Å². The van der Waals surface area contributed by atoms with Crippen molar-refractivity contribution < 1.29 is 14.8 Å². The summed E-state index contributed by atoms with van der Waals surface area (Å²) in [6, 6.07) is 4.14. The molecular weight excluding hydrogens is 248 g/mol. The smallest absolute Gasteiger partial charge is 0.338 e. The lowest BCUT2D eigenvalue weighted by atomic mass is 10.1. The van der Waals surface area contributed by atoms with E-state index in [2.05, 4.69) is 0 Å². The van der Waals surface area contributed by atoms with Gasteiger partial charge in [0.25, 0.3) is 5.69 Å². The first kappa shape index (κ1) is 14.9. The van der Waals surface area contributed by atoms with Crippen molar-refractivity contribution >= 4 is 17.3 Å². The fourth-order valence-corrected chi connectivity index (χ4v) is 2.00. The van der Waals surface area contributed by atoms with E-state index < -0.39 is 10.9 Å². The second-order valence-corrected chi connectivity index (χ2v) is 4.31. The maximum Gasteiger partial charge on any atom is 0.338 e. The van der Waals surface area contributed by atoms with Crippen molar-refractivity contribution in [1.82, 2.24) is 0 Å². The molecule has 0 saturated heterocycles. The second kappa shape index (κ2) is 6.17. The summed E-state index contributed by atoms with van der Waals surface area (Å²) >= 11 is 0. The molecule has 0 aliphatic heterocycles. The molecule has 104 valence electrons. The van der Waals surface area contributed by atoms with Crippen LogP contribution in [0.2, 0.25) is 0 Å². The Morgan fingerprint density at radius 2 is 2.11 bits per heavy atom. The molecule has 1 atom stereocenters.